The van der Waals surface area contributed by atoms with Crippen LogP contribution in [-0.2, 0) is 0 Å². The van der Waals surface area contributed by atoms with Crippen molar-refractivity contribution in [1.82, 2.24) is 19.9 Å². The van der Waals surface area contributed by atoms with Gasteiger partial charge in [0.1, 0.15) is 5.69 Å². The second-order valence-electron chi connectivity index (χ2n) is 8.72. The van der Waals surface area contributed by atoms with Crippen molar-refractivity contribution in [3.05, 3.63) is 69.0 Å². The lowest BCUT2D eigenvalue weighted by Gasteiger charge is -2.31. The Kier molecular flexibility index (Phi) is 6.61. The molecule has 8 heteroatoms. The molecular weight excluding hydrogens is 512 g/mol. The van der Waals surface area contributed by atoms with Crippen LogP contribution in [0.5, 0.6) is 0 Å². The van der Waals surface area contributed by atoms with E-state index in [-0.39, 0.29) is 17.7 Å². The van der Waals surface area contributed by atoms with Crippen LogP contribution in [0, 0.1) is 5.92 Å². The number of nitrogens with one attached hydrogen (secondary N) is 1. The molecule has 2 atom stereocenters. The molecule has 1 amide bonds. The molecule has 0 unspecified atom stereocenters. The first kappa shape index (κ1) is 22.9. The fraction of sp³-hybridized carbons (Fsp3) is 0.308. The summed E-state index contributed by atoms with van der Waals surface area (Å²) in [5, 5.41) is 2.68. The number of hydrogen-bond acceptors (Lipinski definition) is 5. The number of thiophene rings is 1. The van der Waals surface area contributed by atoms with Crippen LogP contribution in [0.25, 0.3) is 22.6 Å². The molecule has 1 aliphatic rings. The van der Waals surface area contributed by atoms with E-state index in [2.05, 4.69) is 30.8 Å². The van der Waals surface area contributed by atoms with E-state index < -0.39 is 0 Å². The van der Waals surface area contributed by atoms with Crippen LogP contribution in [0.2, 0.25) is 0 Å². The third kappa shape index (κ3) is 4.57. The van der Waals surface area contributed by atoms with Crippen LogP contribution in [0.3, 0.4) is 0 Å². The Morgan fingerprint density at radius 3 is 2.79 bits per heavy atom. The number of benzene rings is 1. The smallest absolute Gasteiger partial charge is 0.251 e. The summed E-state index contributed by atoms with van der Waals surface area (Å²) in [5.41, 5.74) is 3.17. The fourth-order valence-corrected chi connectivity index (χ4v) is 6.27. The number of carbonyl (C=O) groups is 2. The summed E-state index contributed by atoms with van der Waals surface area (Å²) in [4.78, 5) is 35.4. The quantitative estimate of drug-likeness (QED) is 0.294. The van der Waals surface area contributed by atoms with Gasteiger partial charge >= 0.3 is 0 Å². The van der Waals surface area contributed by atoms with Gasteiger partial charge in [0.25, 0.3) is 5.91 Å². The Labute approximate surface area is 210 Å². The lowest BCUT2D eigenvalue weighted by molar-refractivity contribution is 0.0942. The summed E-state index contributed by atoms with van der Waals surface area (Å²) in [7, 11) is 1.63. The normalized spacial score (nSPS) is 18.2. The Hall–Kier alpha value is -2.84. The highest BCUT2D eigenvalue weighted by atomic mass is 79.9. The minimum atomic E-state index is -0.132. The maximum absolute atomic E-state index is 12.9. The predicted octanol–water partition coefficient (Wildman–Crippen LogP) is 6.29. The third-order valence-corrected chi connectivity index (χ3v) is 8.18. The Morgan fingerprint density at radius 2 is 2.06 bits per heavy atom. The number of ketones is 1. The number of aromatic nitrogens is 3. The van der Waals surface area contributed by atoms with E-state index >= 15 is 0 Å². The number of pyridine rings is 1. The fourth-order valence-electron chi connectivity index (χ4n) is 4.94. The number of hydrogen-bond donors (Lipinski definition) is 1. The lowest BCUT2D eigenvalue weighted by atomic mass is 9.82. The van der Waals surface area contributed by atoms with Crippen molar-refractivity contribution in [2.45, 2.75) is 38.1 Å². The standard InChI is InChI=1S/C26H25BrN4O2S/c1-28-26(33)17-8-9-21-20(15-17)30-25(19-7-2-3-12-29-19)31(21)18-6-4-5-16(13-18)14-22(32)23-10-11-24(27)34-23/h2-3,7-12,15-16,18H,4-6,13-14H2,1H3,(H,28,33)/t16-,18+/m1/s1. The highest BCUT2D eigenvalue weighted by Crippen LogP contribution is 2.40. The molecule has 34 heavy (non-hydrogen) atoms. The molecule has 1 fully saturated rings. The van der Waals surface area contributed by atoms with E-state index in [1.807, 2.05) is 48.5 Å². The van der Waals surface area contributed by atoms with Gasteiger partial charge in [-0.1, -0.05) is 12.5 Å². The van der Waals surface area contributed by atoms with Crippen LogP contribution in [-0.4, -0.2) is 33.3 Å². The van der Waals surface area contributed by atoms with E-state index in [4.69, 9.17) is 4.98 Å². The predicted molar refractivity (Wildman–Crippen MR) is 138 cm³/mol. The highest BCUT2D eigenvalue weighted by Gasteiger charge is 2.29. The zero-order valence-corrected chi connectivity index (χ0v) is 21.2. The molecule has 1 aliphatic carbocycles. The second-order valence-corrected chi connectivity index (χ2v) is 11.2. The van der Waals surface area contributed by atoms with Crippen molar-refractivity contribution in [3.63, 3.8) is 0 Å². The summed E-state index contributed by atoms with van der Waals surface area (Å²) in [6.45, 7) is 0. The van der Waals surface area contributed by atoms with Crippen LogP contribution >= 0.6 is 27.3 Å². The van der Waals surface area contributed by atoms with Gasteiger partial charge in [-0.25, -0.2) is 4.98 Å². The number of rotatable bonds is 6. The summed E-state index contributed by atoms with van der Waals surface area (Å²) < 4.78 is 3.27. The summed E-state index contributed by atoms with van der Waals surface area (Å²) in [6, 6.07) is 15.6. The zero-order chi connectivity index (χ0) is 23.7. The van der Waals surface area contributed by atoms with Crippen molar-refractivity contribution in [1.29, 1.82) is 0 Å². The van der Waals surface area contributed by atoms with Crippen molar-refractivity contribution >= 4 is 50.0 Å². The van der Waals surface area contributed by atoms with Gasteiger partial charge < -0.3 is 9.88 Å². The summed E-state index contributed by atoms with van der Waals surface area (Å²) >= 11 is 4.96. The maximum Gasteiger partial charge on any atom is 0.251 e. The van der Waals surface area contributed by atoms with E-state index in [0.717, 1.165) is 56.9 Å². The topological polar surface area (TPSA) is 76.9 Å². The molecule has 0 saturated heterocycles. The van der Waals surface area contributed by atoms with Gasteiger partial charge in [0, 0.05) is 31.3 Å². The first-order valence-corrected chi connectivity index (χ1v) is 13.1. The Morgan fingerprint density at radius 1 is 1.18 bits per heavy atom. The van der Waals surface area contributed by atoms with Crippen molar-refractivity contribution in [3.8, 4) is 11.5 Å². The molecule has 0 bridgehead atoms. The van der Waals surface area contributed by atoms with E-state index in [1.165, 1.54) is 11.3 Å². The highest BCUT2D eigenvalue weighted by molar-refractivity contribution is 9.11. The van der Waals surface area contributed by atoms with Gasteiger partial charge in [-0.2, -0.15) is 0 Å². The van der Waals surface area contributed by atoms with E-state index in [0.29, 0.717) is 17.9 Å². The molecular formula is C26H25BrN4O2S. The maximum atomic E-state index is 12.9. The van der Waals surface area contributed by atoms with Gasteiger partial charge in [0.2, 0.25) is 0 Å². The average Bonchev–Trinajstić information content (AvgIpc) is 3.47. The molecule has 0 aliphatic heterocycles. The zero-order valence-electron chi connectivity index (χ0n) is 18.8. The number of fused-ring (bicyclic) bond motifs is 1. The van der Waals surface area contributed by atoms with Crippen LogP contribution in [0.4, 0.5) is 0 Å². The number of nitrogens with zero attached hydrogens (tertiary/aromatic N) is 3. The van der Waals surface area contributed by atoms with Crippen molar-refractivity contribution in [2.75, 3.05) is 7.05 Å². The molecule has 1 aromatic carbocycles. The Bertz CT molecular complexity index is 1350. The molecule has 3 heterocycles. The minimum Gasteiger partial charge on any atom is -0.355 e. The molecule has 0 spiro atoms. The number of halogens is 1. The minimum absolute atomic E-state index is 0.132. The average molecular weight is 537 g/mol. The molecule has 6 nitrogen and oxygen atoms in total. The summed E-state index contributed by atoms with van der Waals surface area (Å²) in [6.07, 6.45) is 6.40. The van der Waals surface area contributed by atoms with Gasteiger partial charge in [0.05, 0.1) is 19.7 Å². The number of imidazole rings is 1. The molecule has 1 N–H and O–H groups in total. The monoisotopic (exact) mass is 536 g/mol. The number of amides is 1. The van der Waals surface area contributed by atoms with Crippen LogP contribution in [0.1, 0.15) is 58.2 Å². The van der Waals surface area contributed by atoms with Gasteiger partial charge in [-0.3, -0.25) is 14.6 Å². The largest absolute Gasteiger partial charge is 0.355 e. The van der Waals surface area contributed by atoms with E-state index in [1.54, 1.807) is 13.2 Å². The molecule has 3 aromatic heterocycles. The molecule has 1 saturated carbocycles. The SMILES string of the molecule is CNC(=O)c1ccc2c(c1)nc(-c1ccccn1)n2[C@H]1CCC[C@@H](CC(=O)c2ccc(Br)s2)C1. The first-order valence-electron chi connectivity index (χ1n) is 11.5. The number of Topliss-reactive ketones (excluding diaryl/α,β-unsaturated/α-hetero) is 1. The van der Waals surface area contributed by atoms with Gasteiger partial charge in [0.15, 0.2) is 11.6 Å². The van der Waals surface area contributed by atoms with Gasteiger partial charge in [-0.15, -0.1) is 11.3 Å². The lowest BCUT2D eigenvalue weighted by Crippen LogP contribution is -2.22. The Balaban J connectivity index is 1.49. The molecule has 174 valence electrons. The first-order chi connectivity index (χ1) is 16.5. The molecule has 5 rings (SSSR count). The molecule has 0 radical (unpaired) electrons. The van der Waals surface area contributed by atoms with E-state index in [9.17, 15) is 9.59 Å². The van der Waals surface area contributed by atoms with Crippen LogP contribution in [0.15, 0.2) is 58.5 Å². The van der Waals surface area contributed by atoms with Crippen LogP contribution < -0.4 is 5.32 Å². The number of carbonyl (C=O) groups excluding carboxylic acids is 2. The third-order valence-electron chi connectivity index (χ3n) is 6.52. The summed E-state index contributed by atoms with van der Waals surface area (Å²) in [5.74, 6) is 1.22. The van der Waals surface area contributed by atoms with Gasteiger partial charge in [-0.05, 0) is 83.6 Å². The second kappa shape index (κ2) is 9.80. The van der Waals surface area contributed by atoms with Crippen molar-refractivity contribution < 1.29 is 9.59 Å². The van der Waals surface area contributed by atoms with Crippen molar-refractivity contribution in [2.24, 2.45) is 5.92 Å². The molecule has 4 aromatic rings.